The maximum atomic E-state index is 5.34. The number of hydrogen-bond donors (Lipinski definition) is 1. The number of benzene rings is 1. The molecule has 1 atom stereocenters. The van der Waals surface area contributed by atoms with Gasteiger partial charge < -0.3 is 9.73 Å². The quantitative estimate of drug-likeness (QED) is 0.812. The van der Waals surface area contributed by atoms with E-state index in [1.165, 1.54) is 11.1 Å². The Hall–Kier alpha value is -1.54. The molecule has 0 saturated carbocycles. The Balaban J connectivity index is 1.71. The molecule has 1 N–H and O–H groups in total. The summed E-state index contributed by atoms with van der Waals surface area (Å²) in [5.74, 6) is 1.07. The summed E-state index contributed by atoms with van der Waals surface area (Å²) in [5.41, 5.74) is 2.75. The third-order valence-electron chi connectivity index (χ3n) is 3.49. The number of hydrogen-bond acceptors (Lipinski definition) is 2. The fourth-order valence-electron chi connectivity index (χ4n) is 2.10. The van der Waals surface area contributed by atoms with E-state index in [1.807, 2.05) is 12.1 Å². The molecule has 0 amide bonds. The van der Waals surface area contributed by atoms with E-state index < -0.39 is 0 Å². The summed E-state index contributed by atoms with van der Waals surface area (Å²) in [5, 5.41) is 3.56. The molecular formula is C17H23NO. The highest BCUT2D eigenvalue weighted by atomic mass is 16.3. The van der Waals surface area contributed by atoms with E-state index in [4.69, 9.17) is 4.42 Å². The van der Waals surface area contributed by atoms with Crippen LogP contribution < -0.4 is 5.32 Å². The van der Waals surface area contributed by atoms with Crippen molar-refractivity contribution in [3.8, 4) is 0 Å². The summed E-state index contributed by atoms with van der Waals surface area (Å²) in [7, 11) is 0. The zero-order chi connectivity index (χ0) is 13.5. The molecule has 0 bridgehead atoms. The first-order chi connectivity index (χ1) is 9.28. The third-order valence-corrected chi connectivity index (χ3v) is 3.49. The average molecular weight is 257 g/mol. The summed E-state index contributed by atoms with van der Waals surface area (Å²) in [6, 6.07) is 13.3. The number of furan rings is 1. The van der Waals surface area contributed by atoms with Gasteiger partial charge in [0.2, 0.25) is 0 Å². The van der Waals surface area contributed by atoms with Gasteiger partial charge in [0.15, 0.2) is 0 Å². The molecule has 1 heterocycles. The highest BCUT2D eigenvalue weighted by Crippen LogP contribution is 2.08. The highest BCUT2D eigenvalue weighted by Gasteiger charge is 2.04. The molecule has 1 aromatic heterocycles. The van der Waals surface area contributed by atoms with Crippen LogP contribution in [0, 0.1) is 0 Å². The summed E-state index contributed by atoms with van der Waals surface area (Å²) < 4.78 is 5.34. The molecule has 2 nitrogen and oxygen atoms in total. The average Bonchev–Trinajstić information content (AvgIpc) is 2.96. The Kier molecular flexibility index (Phi) is 5.22. The SMILES string of the molecule is CCc1ccc(CN[C@H](C)CCc2ccco2)cc1. The van der Waals surface area contributed by atoms with Crippen LogP contribution in [0.5, 0.6) is 0 Å². The maximum Gasteiger partial charge on any atom is 0.103 e. The molecule has 0 aliphatic heterocycles. The van der Waals surface area contributed by atoms with Gasteiger partial charge in [-0.2, -0.15) is 0 Å². The Bertz CT molecular complexity index is 459. The lowest BCUT2D eigenvalue weighted by atomic mass is 10.1. The third kappa shape index (κ3) is 4.56. The molecule has 0 radical (unpaired) electrons. The van der Waals surface area contributed by atoms with E-state index in [0.29, 0.717) is 6.04 Å². The Labute approximate surface area is 115 Å². The molecular weight excluding hydrogens is 234 g/mol. The second-order valence-corrected chi connectivity index (χ2v) is 5.07. The molecule has 19 heavy (non-hydrogen) atoms. The zero-order valence-electron chi connectivity index (χ0n) is 11.9. The van der Waals surface area contributed by atoms with Crippen molar-refractivity contribution < 1.29 is 4.42 Å². The van der Waals surface area contributed by atoms with Crippen molar-refractivity contribution in [1.29, 1.82) is 0 Å². The summed E-state index contributed by atoms with van der Waals surface area (Å²) in [6.45, 7) is 5.34. The van der Waals surface area contributed by atoms with Crippen molar-refractivity contribution in [2.24, 2.45) is 0 Å². The van der Waals surface area contributed by atoms with Crippen molar-refractivity contribution in [3.05, 3.63) is 59.5 Å². The van der Waals surface area contributed by atoms with Crippen LogP contribution in [0.25, 0.3) is 0 Å². The molecule has 0 saturated heterocycles. The van der Waals surface area contributed by atoms with Crippen LogP contribution in [0.3, 0.4) is 0 Å². The van der Waals surface area contributed by atoms with Gasteiger partial charge in [0.05, 0.1) is 6.26 Å². The minimum Gasteiger partial charge on any atom is -0.469 e. The lowest BCUT2D eigenvalue weighted by molar-refractivity contribution is 0.460. The Morgan fingerprint density at radius 1 is 1.11 bits per heavy atom. The van der Waals surface area contributed by atoms with Crippen molar-refractivity contribution in [2.45, 2.75) is 45.7 Å². The molecule has 2 aromatic rings. The smallest absolute Gasteiger partial charge is 0.103 e. The van der Waals surface area contributed by atoms with Crippen molar-refractivity contribution >= 4 is 0 Å². The summed E-state index contributed by atoms with van der Waals surface area (Å²) in [6.07, 6.45) is 4.94. The van der Waals surface area contributed by atoms with Crippen LogP contribution >= 0.6 is 0 Å². The summed E-state index contributed by atoms with van der Waals surface area (Å²) in [4.78, 5) is 0. The minimum atomic E-state index is 0.496. The van der Waals surface area contributed by atoms with Gasteiger partial charge in [-0.05, 0) is 43.0 Å². The molecule has 0 aliphatic carbocycles. The van der Waals surface area contributed by atoms with E-state index >= 15 is 0 Å². The van der Waals surface area contributed by atoms with Crippen LogP contribution in [0.1, 0.15) is 37.2 Å². The number of aryl methyl sites for hydroxylation is 2. The van der Waals surface area contributed by atoms with Crippen molar-refractivity contribution in [1.82, 2.24) is 5.32 Å². The van der Waals surface area contributed by atoms with Gasteiger partial charge in [-0.3, -0.25) is 0 Å². The van der Waals surface area contributed by atoms with E-state index in [-0.39, 0.29) is 0 Å². The lowest BCUT2D eigenvalue weighted by Crippen LogP contribution is -2.25. The Morgan fingerprint density at radius 2 is 1.84 bits per heavy atom. The molecule has 0 fully saturated rings. The lowest BCUT2D eigenvalue weighted by Gasteiger charge is -2.13. The van der Waals surface area contributed by atoms with Crippen LogP contribution in [-0.2, 0) is 19.4 Å². The molecule has 2 rings (SSSR count). The zero-order valence-corrected chi connectivity index (χ0v) is 11.9. The predicted molar refractivity (Wildman–Crippen MR) is 79.2 cm³/mol. The fraction of sp³-hybridized carbons (Fsp3) is 0.412. The van der Waals surface area contributed by atoms with Gasteiger partial charge in [-0.1, -0.05) is 31.2 Å². The van der Waals surface area contributed by atoms with E-state index in [1.54, 1.807) is 6.26 Å². The largest absolute Gasteiger partial charge is 0.469 e. The molecule has 0 unspecified atom stereocenters. The van der Waals surface area contributed by atoms with Gasteiger partial charge in [0, 0.05) is 19.0 Å². The molecule has 1 aromatic carbocycles. The maximum absolute atomic E-state index is 5.34. The van der Waals surface area contributed by atoms with E-state index in [2.05, 4.69) is 43.4 Å². The van der Waals surface area contributed by atoms with Crippen LogP contribution in [0.15, 0.2) is 47.1 Å². The van der Waals surface area contributed by atoms with E-state index in [9.17, 15) is 0 Å². The minimum absolute atomic E-state index is 0.496. The van der Waals surface area contributed by atoms with Crippen LogP contribution in [0.2, 0.25) is 0 Å². The molecule has 102 valence electrons. The topological polar surface area (TPSA) is 25.2 Å². The molecule has 2 heteroatoms. The van der Waals surface area contributed by atoms with Gasteiger partial charge in [-0.15, -0.1) is 0 Å². The normalized spacial score (nSPS) is 12.5. The van der Waals surface area contributed by atoms with Crippen LogP contribution in [0.4, 0.5) is 0 Å². The first-order valence-corrected chi connectivity index (χ1v) is 7.11. The van der Waals surface area contributed by atoms with Crippen LogP contribution in [-0.4, -0.2) is 6.04 Å². The second kappa shape index (κ2) is 7.15. The standard InChI is InChI=1S/C17H23NO/c1-3-15-7-9-16(10-8-15)13-18-14(2)6-11-17-5-4-12-19-17/h4-5,7-10,12,14,18H,3,6,11,13H2,1-2H3/t14-/m1/s1. The molecule has 0 aliphatic rings. The first-order valence-electron chi connectivity index (χ1n) is 7.11. The predicted octanol–water partition coefficient (Wildman–Crippen LogP) is 3.95. The fourth-order valence-corrected chi connectivity index (χ4v) is 2.10. The first kappa shape index (κ1) is 13.9. The van der Waals surface area contributed by atoms with Gasteiger partial charge >= 0.3 is 0 Å². The van der Waals surface area contributed by atoms with Gasteiger partial charge in [0.25, 0.3) is 0 Å². The van der Waals surface area contributed by atoms with Gasteiger partial charge in [-0.25, -0.2) is 0 Å². The van der Waals surface area contributed by atoms with Gasteiger partial charge in [0.1, 0.15) is 5.76 Å². The molecule has 0 spiro atoms. The Morgan fingerprint density at radius 3 is 2.47 bits per heavy atom. The second-order valence-electron chi connectivity index (χ2n) is 5.07. The van der Waals surface area contributed by atoms with Crippen molar-refractivity contribution in [3.63, 3.8) is 0 Å². The number of nitrogens with one attached hydrogen (secondary N) is 1. The van der Waals surface area contributed by atoms with Crippen molar-refractivity contribution in [2.75, 3.05) is 0 Å². The highest BCUT2D eigenvalue weighted by molar-refractivity contribution is 5.22. The number of rotatable bonds is 7. The summed E-state index contributed by atoms with van der Waals surface area (Å²) >= 11 is 0. The van der Waals surface area contributed by atoms with E-state index in [0.717, 1.165) is 31.6 Å². The monoisotopic (exact) mass is 257 g/mol.